The molecule has 0 bridgehead atoms. The van der Waals surface area contributed by atoms with Gasteiger partial charge in [0.05, 0.1) is 36.2 Å². The Morgan fingerprint density at radius 1 is 1.00 bits per heavy atom. The summed E-state index contributed by atoms with van der Waals surface area (Å²) in [5.74, 6) is -0.277. The number of carbonyl (C=O) groups is 1. The maximum Gasteiger partial charge on any atom is 0.244 e. The van der Waals surface area contributed by atoms with Crippen molar-refractivity contribution < 1.29 is 17.9 Å². The molecular weight excluding hydrogens is 464 g/mol. The summed E-state index contributed by atoms with van der Waals surface area (Å²) in [5.41, 5.74) is 2.37. The topological polar surface area (TPSA) is 91.0 Å². The number of sulfonamides is 1. The van der Waals surface area contributed by atoms with E-state index in [2.05, 4.69) is 21.6 Å². The number of ether oxygens (including phenoxy) is 1. The first-order valence-corrected chi connectivity index (χ1v) is 13.0. The zero-order valence-electron chi connectivity index (χ0n) is 18.4. The third-order valence-corrected chi connectivity index (χ3v) is 8.22. The first-order chi connectivity index (χ1) is 15.9. The van der Waals surface area contributed by atoms with Crippen molar-refractivity contribution in [2.45, 2.75) is 24.2 Å². The third kappa shape index (κ3) is 5.78. The number of rotatable bonds is 7. The number of hydrogen-bond donors (Lipinski definition) is 2. The van der Waals surface area contributed by atoms with Crippen molar-refractivity contribution in [2.75, 3.05) is 61.5 Å². The van der Waals surface area contributed by atoms with Crippen LogP contribution in [-0.4, -0.2) is 64.6 Å². The Kier molecular flexibility index (Phi) is 7.75. The molecule has 2 saturated heterocycles. The van der Waals surface area contributed by atoms with Crippen LogP contribution >= 0.6 is 11.6 Å². The SMILES string of the molecule is O=C(CNc1ccccc1N1CCCCC1)Nc1ccc(Cl)c(S(=O)(=O)N2CCOCC2)c1. The Hall–Kier alpha value is -2.33. The van der Waals surface area contributed by atoms with Gasteiger partial charge in [-0.15, -0.1) is 0 Å². The van der Waals surface area contributed by atoms with E-state index < -0.39 is 10.0 Å². The molecule has 2 heterocycles. The number of nitrogens with one attached hydrogen (secondary N) is 2. The second-order valence-corrected chi connectivity index (χ2v) is 10.4. The lowest BCUT2D eigenvalue weighted by atomic mass is 10.1. The van der Waals surface area contributed by atoms with Gasteiger partial charge in [0.2, 0.25) is 15.9 Å². The Morgan fingerprint density at radius 2 is 1.73 bits per heavy atom. The van der Waals surface area contributed by atoms with E-state index in [-0.39, 0.29) is 35.5 Å². The largest absolute Gasteiger partial charge is 0.379 e. The highest BCUT2D eigenvalue weighted by molar-refractivity contribution is 7.89. The molecule has 0 aliphatic carbocycles. The van der Waals surface area contributed by atoms with Gasteiger partial charge in [-0.3, -0.25) is 4.79 Å². The van der Waals surface area contributed by atoms with Crippen LogP contribution in [0.15, 0.2) is 47.4 Å². The third-order valence-electron chi connectivity index (χ3n) is 5.84. The molecule has 0 atom stereocenters. The van der Waals surface area contributed by atoms with Gasteiger partial charge in [0.1, 0.15) is 4.90 Å². The molecule has 8 nitrogen and oxygen atoms in total. The number of para-hydroxylation sites is 2. The van der Waals surface area contributed by atoms with E-state index in [0.29, 0.717) is 18.9 Å². The molecule has 2 aromatic rings. The van der Waals surface area contributed by atoms with Crippen LogP contribution < -0.4 is 15.5 Å². The van der Waals surface area contributed by atoms with Crippen LogP contribution in [0.1, 0.15) is 19.3 Å². The Morgan fingerprint density at radius 3 is 2.48 bits per heavy atom. The number of nitrogens with zero attached hydrogens (tertiary/aromatic N) is 2. The van der Waals surface area contributed by atoms with Gasteiger partial charge in [-0.25, -0.2) is 8.42 Å². The van der Waals surface area contributed by atoms with E-state index in [9.17, 15) is 13.2 Å². The van der Waals surface area contributed by atoms with E-state index in [0.717, 1.165) is 24.5 Å². The first kappa shape index (κ1) is 23.8. The zero-order valence-corrected chi connectivity index (χ0v) is 20.0. The van der Waals surface area contributed by atoms with Crippen molar-refractivity contribution >= 4 is 44.6 Å². The van der Waals surface area contributed by atoms with Crippen molar-refractivity contribution in [3.63, 3.8) is 0 Å². The number of amides is 1. The molecule has 2 aliphatic rings. The summed E-state index contributed by atoms with van der Waals surface area (Å²) >= 11 is 6.20. The van der Waals surface area contributed by atoms with Crippen molar-refractivity contribution in [2.24, 2.45) is 0 Å². The van der Waals surface area contributed by atoms with E-state index in [1.165, 1.54) is 35.7 Å². The average molecular weight is 493 g/mol. The fraction of sp³-hybridized carbons (Fsp3) is 0.435. The molecule has 0 spiro atoms. The summed E-state index contributed by atoms with van der Waals surface area (Å²) in [6.45, 7) is 3.31. The molecule has 0 radical (unpaired) electrons. The van der Waals surface area contributed by atoms with Gasteiger partial charge in [0.25, 0.3) is 0 Å². The minimum atomic E-state index is -3.78. The zero-order chi connectivity index (χ0) is 23.3. The lowest BCUT2D eigenvalue weighted by molar-refractivity contribution is -0.114. The summed E-state index contributed by atoms with van der Waals surface area (Å²) in [6.07, 6.45) is 3.58. The van der Waals surface area contributed by atoms with Gasteiger partial charge in [0.15, 0.2) is 0 Å². The van der Waals surface area contributed by atoms with E-state index in [1.807, 2.05) is 18.2 Å². The van der Waals surface area contributed by atoms with Crippen LogP contribution in [0.4, 0.5) is 17.1 Å². The fourth-order valence-electron chi connectivity index (χ4n) is 4.12. The fourth-order valence-corrected chi connectivity index (χ4v) is 6.03. The molecule has 4 rings (SSSR count). The second kappa shape index (κ2) is 10.7. The minimum Gasteiger partial charge on any atom is -0.379 e. The molecule has 2 aliphatic heterocycles. The van der Waals surface area contributed by atoms with E-state index in [4.69, 9.17) is 16.3 Å². The average Bonchev–Trinajstić information content (AvgIpc) is 2.85. The van der Waals surface area contributed by atoms with E-state index in [1.54, 1.807) is 6.07 Å². The smallest absolute Gasteiger partial charge is 0.244 e. The van der Waals surface area contributed by atoms with Crippen molar-refractivity contribution in [1.29, 1.82) is 0 Å². The number of halogens is 1. The molecule has 10 heteroatoms. The number of hydrogen-bond acceptors (Lipinski definition) is 6. The van der Waals surface area contributed by atoms with Gasteiger partial charge in [-0.05, 0) is 49.6 Å². The number of piperidine rings is 1. The molecule has 2 N–H and O–H groups in total. The van der Waals surface area contributed by atoms with E-state index >= 15 is 0 Å². The van der Waals surface area contributed by atoms with Crippen LogP contribution in [0.3, 0.4) is 0 Å². The van der Waals surface area contributed by atoms with Gasteiger partial charge in [-0.1, -0.05) is 23.7 Å². The first-order valence-electron chi connectivity index (χ1n) is 11.2. The van der Waals surface area contributed by atoms with Crippen LogP contribution in [0.2, 0.25) is 5.02 Å². The maximum absolute atomic E-state index is 13.0. The highest BCUT2D eigenvalue weighted by atomic mass is 35.5. The molecular formula is C23H29ClN4O4S. The molecule has 2 fully saturated rings. The number of morpholine rings is 1. The number of carbonyl (C=O) groups excluding carboxylic acids is 1. The summed E-state index contributed by atoms with van der Waals surface area (Å²) in [4.78, 5) is 14.9. The maximum atomic E-state index is 13.0. The monoisotopic (exact) mass is 492 g/mol. The standard InChI is InChI=1S/C23H29ClN4O4S/c24-19-9-8-18(16-22(19)33(30,31)28-12-14-32-15-13-28)26-23(29)17-25-20-6-2-3-7-21(20)27-10-4-1-5-11-27/h2-3,6-9,16,25H,1,4-5,10-15,17H2,(H,26,29). The molecule has 178 valence electrons. The van der Waals surface area contributed by atoms with Crippen molar-refractivity contribution in [3.8, 4) is 0 Å². The molecule has 0 unspecified atom stereocenters. The number of benzene rings is 2. The Bertz CT molecular complexity index is 1080. The van der Waals surface area contributed by atoms with Crippen LogP contribution in [-0.2, 0) is 19.6 Å². The predicted molar refractivity (Wildman–Crippen MR) is 131 cm³/mol. The normalized spacial score (nSPS) is 17.5. The molecule has 0 saturated carbocycles. The Balaban J connectivity index is 1.42. The van der Waals surface area contributed by atoms with Gasteiger partial charge in [0, 0.05) is 31.9 Å². The summed E-state index contributed by atoms with van der Waals surface area (Å²) in [5, 5.41) is 6.11. The highest BCUT2D eigenvalue weighted by Crippen LogP contribution is 2.29. The minimum absolute atomic E-state index is 0.0210. The molecule has 33 heavy (non-hydrogen) atoms. The van der Waals surface area contributed by atoms with Gasteiger partial charge in [-0.2, -0.15) is 4.31 Å². The summed E-state index contributed by atoms with van der Waals surface area (Å²) in [7, 11) is -3.78. The summed E-state index contributed by atoms with van der Waals surface area (Å²) in [6, 6.07) is 12.5. The highest BCUT2D eigenvalue weighted by Gasteiger charge is 2.28. The summed E-state index contributed by atoms with van der Waals surface area (Å²) < 4.78 is 32.6. The van der Waals surface area contributed by atoms with Crippen LogP contribution in [0, 0.1) is 0 Å². The lowest BCUT2D eigenvalue weighted by Gasteiger charge is -2.30. The van der Waals surface area contributed by atoms with Crippen LogP contribution in [0.5, 0.6) is 0 Å². The molecule has 2 aromatic carbocycles. The van der Waals surface area contributed by atoms with Crippen LogP contribution in [0.25, 0.3) is 0 Å². The Labute approximate surface area is 199 Å². The second-order valence-electron chi connectivity index (χ2n) is 8.13. The molecule has 1 amide bonds. The van der Waals surface area contributed by atoms with Crippen molar-refractivity contribution in [1.82, 2.24) is 4.31 Å². The molecule has 0 aromatic heterocycles. The van der Waals surface area contributed by atoms with Gasteiger partial charge < -0.3 is 20.3 Å². The van der Waals surface area contributed by atoms with Gasteiger partial charge >= 0.3 is 0 Å². The van der Waals surface area contributed by atoms with Crippen molar-refractivity contribution in [3.05, 3.63) is 47.5 Å². The predicted octanol–water partition coefficient (Wildman–Crippen LogP) is 3.40. The quantitative estimate of drug-likeness (QED) is 0.615. The number of anilines is 3. The lowest BCUT2D eigenvalue weighted by Crippen LogP contribution is -2.40.